The van der Waals surface area contributed by atoms with E-state index in [-0.39, 0.29) is 11.8 Å². The summed E-state index contributed by atoms with van der Waals surface area (Å²) in [5, 5.41) is 20.6. The van der Waals surface area contributed by atoms with Gasteiger partial charge in [-0.1, -0.05) is 18.5 Å². The van der Waals surface area contributed by atoms with Crippen molar-refractivity contribution in [3.05, 3.63) is 28.2 Å². The van der Waals surface area contributed by atoms with Crippen LogP contribution in [0.5, 0.6) is 0 Å². The van der Waals surface area contributed by atoms with E-state index in [1.807, 2.05) is 19.9 Å². The van der Waals surface area contributed by atoms with Crippen LogP contribution in [0.4, 0.5) is 5.82 Å². The summed E-state index contributed by atoms with van der Waals surface area (Å²) in [6, 6.07) is 2.00. The molecule has 0 saturated carbocycles. The lowest BCUT2D eigenvalue weighted by molar-refractivity contribution is -0.119. The lowest BCUT2D eigenvalue weighted by Crippen LogP contribution is -2.26. The van der Waals surface area contributed by atoms with Gasteiger partial charge in [-0.15, -0.1) is 0 Å². The monoisotopic (exact) mass is 320 g/mol. The number of amides is 1. The van der Waals surface area contributed by atoms with Gasteiger partial charge in [0.15, 0.2) is 0 Å². The van der Waals surface area contributed by atoms with Gasteiger partial charge in [-0.25, -0.2) is 0 Å². The number of anilines is 1. The van der Waals surface area contributed by atoms with Gasteiger partial charge in [0.05, 0.1) is 35.1 Å². The van der Waals surface area contributed by atoms with Crippen molar-refractivity contribution in [2.75, 3.05) is 5.32 Å². The maximum atomic E-state index is 12.3. The molecule has 22 heavy (non-hydrogen) atoms. The molecule has 1 unspecified atom stereocenters. The van der Waals surface area contributed by atoms with Crippen LogP contribution in [0.1, 0.15) is 23.9 Å². The second kappa shape index (κ2) is 6.20. The third kappa shape index (κ3) is 2.97. The summed E-state index contributed by atoms with van der Waals surface area (Å²) < 4.78 is 3.18. The van der Waals surface area contributed by atoms with Crippen molar-refractivity contribution in [1.82, 2.24) is 19.6 Å². The Kier molecular flexibility index (Phi) is 4.52. The Balaban J connectivity index is 2.11. The van der Waals surface area contributed by atoms with Crippen molar-refractivity contribution in [1.29, 1.82) is 5.26 Å². The lowest BCUT2D eigenvalue weighted by Gasteiger charge is -2.13. The molecule has 0 aliphatic heterocycles. The third-order valence-electron chi connectivity index (χ3n) is 3.49. The van der Waals surface area contributed by atoms with E-state index in [0.29, 0.717) is 22.9 Å². The summed E-state index contributed by atoms with van der Waals surface area (Å²) >= 11 is 6.11. The average molecular weight is 321 g/mol. The van der Waals surface area contributed by atoms with Crippen molar-refractivity contribution < 1.29 is 4.79 Å². The minimum atomic E-state index is -0.337. The topological polar surface area (TPSA) is 88.5 Å². The molecule has 0 aliphatic carbocycles. The molecule has 0 fully saturated rings. The number of aryl methyl sites for hydroxylation is 2. The Hall–Kier alpha value is -2.33. The standard InChI is InChI=1S/C14H17ClN6O/c1-8(7-21-10(3)12(15)9(2)19-21)14(22)18-13-11(5-16)6-17-20(13)4/h6,8H,7H2,1-4H3,(H,18,22). The van der Waals surface area contributed by atoms with E-state index in [1.54, 1.807) is 18.7 Å². The van der Waals surface area contributed by atoms with Gasteiger partial charge in [0.2, 0.25) is 5.91 Å². The largest absolute Gasteiger partial charge is 0.310 e. The molecule has 0 spiro atoms. The molecule has 0 bridgehead atoms. The zero-order valence-corrected chi connectivity index (χ0v) is 13.6. The maximum absolute atomic E-state index is 12.3. The quantitative estimate of drug-likeness (QED) is 0.933. The van der Waals surface area contributed by atoms with E-state index < -0.39 is 0 Å². The first kappa shape index (κ1) is 16.0. The molecule has 2 heterocycles. The highest BCUT2D eigenvalue weighted by Crippen LogP contribution is 2.20. The smallest absolute Gasteiger partial charge is 0.230 e. The fourth-order valence-electron chi connectivity index (χ4n) is 2.10. The Morgan fingerprint density at radius 3 is 2.77 bits per heavy atom. The summed E-state index contributed by atoms with van der Waals surface area (Å²) in [6.45, 7) is 5.89. The predicted octanol–water partition coefficient (Wildman–Crippen LogP) is 2.03. The molecule has 7 nitrogen and oxygen atoms in total. The zero-order chi connectivity index (χ0) is 16.4. The van der Waals surface area contributed by atoms with Crippen molar-refractivity contribution >= 4 is 23.3 Å². The van der Waals surface area contributed by atoms with E-state index >= 15 is 0 Å². The van der Waals surface area contributed by atoms with Crippen LogP contribution in [0.15, 0.2) is 6.20 Å². The fraction of sp³-hybridized carbons (Fsp3) is 0.429. The number of rotatable bonds is 4. The number of nitriles is 1. The number of hydrogen-bond acceptors (Lipinski definition) is 4. The number of aromatic nitrogens is 4. The highest BCUT2D eigenvalue weighted by atomic mass is 35.5. The van der Waals surface area contributed by atoms with E-state index in [4.69, 9.17) is 16.9 Å². The highest BCUT2D eigenvalue weighted by molar-refractivity contribution is 6.31. The minimum Gasteiger partial charge on any atom is -0.310 e. The molecule has 2 aromatic rings. The fourth-order valence-corrected chi connectivity index (χ4v) is 2.24. The molecule has 1 atom stereocenters. The maximum Gasteiger partial charge on any atom is 0.230 e. The Morgan fingerprint density at radius 1 is 1.55 bits per heavy atom. The van der Waals surface area contributed by atoms with Crippen LogP contribution in [0, 0.1) is 31.1 Å². The molecule has 1 N–H and O–H groups in total. The number of carbonyl (C=O) groups excluding carboxylic acids is 1. The van der Waals surface area contributed by atoms with Gasteiger partial charge in [0.1, 0.15) is 17.5 Å². The van der Waals surface area contributed by atoms with Crippen LogP contribution in [0.3, 0.4) is 0 Å². The van der Waals surface area contributed by atoms with Gasteiger partial charge < -0.3 is 5.32 Å². The summed E-state index contributed by atoms with van der Waals surface area (Å²) in [5.41, 5.74) is 1.90. The molecule has 1 amide bonds. The van der Waals surface area contributed by atoms with Crippen molar-refractivity contribution in [2.45, 2.75) is 27.3 Å². The van der Waals surface area contributed by atoms with E-state index in [2.05, 4.69) is 15.5 Å². The first-order chi connectivity index (χ1) is 10.3. The lowest BCUT2D eigenvalue weighted by atomic mass is 10.1. The molecule has 116 valence electrons. The SMILES string of the molecule is Cc1nn(CC(C)C(=O)Nc2c(C#N)cnn2C)c(C)c1Cl. The van der Waals surface area contributed by atoms with Gasteiger partial charge >= 0.3 is 0 Å². The van der Waals surface area contributed by atoms with Crippen LogP contribution in [-0.2, 0) is 18.4 Å². The minimum absolute atomic E-state index is 0.205. The second-order valence-electron chi connectivity index (χ2n) is 5.20. The van der Waals surface area contributed by atoms with Crippen molar-refractivity contribution in [3.8, 4) is 6.07 Å². The van der Waals surface area contributed by atoms with Gasteiger partial charge in [0, 0.05) is 7.05 Å². The third-order valence-corrected chi connectivity index (χ3v) is 4.04. The Morgan fingerprint density at radius 2 is 2.23 bits per heavy atom. The van der Waals surface area contributed by atoms with E-state index in [9.17, 15) is 4.79 Å². The van der Waals surface area contributed by atoms with Crippen LogP contribution in [0.2, 0.25) is 5.02 Å². The Labute approximate surface area is 133 Å². The van der Waals surface area contributed by atoms with Crippen molar-refractivity contribution in [2.24, 2.45) is 13.0 Å². The average Bonchev–Trinajstić information content (AvgIpc) is 2.95. The number of carbonyl (C=O) groups is 1. The summed E-state index contributed by atoms with van der Waals surface area (Å²) in [7, 11) is 1.67. The van der Waals surface area contributed by atoms with Crippen LogP contribution in [0.25, 0.3) is 0 Å². The molecule has 8 heteroatoms. The first-order valence-electron chi connectivity index (χ1n) is 6.77. The van der Waals surface area contributed by atoms with Crippen molar-refractivity contribution in [3.63, 3.8) is 0 Å². The van der Waals surface area contributed by atoms with E-state index in [0.717, 1.165) is 11.4 Å². The molecule has 0 saturated heterocycles. The van der Waals surface area contributed by atoms with E-state index in [1.165, 1.54) is 10.9 Å². The van der Waals surface area contributed by atoms with Gasteiger partial charge in [0.25, 0.3) is 0 Å². The molecule has 0 aromatic carbocycles. The summed E-state index contributed by atoms with van der Waals surface area (Å²) in [5.74, 6) is -0.148. The van der Waals surface area contributed by atoms with Gasteiger partial charge in [-0.3, -0.25) is 14.2 Å². The number of nitrogens with zero attached hydrogens (tertiary/aromatic N) is 5. The van der Waals surface area contributed by atoms with Gasteiger partial charge in [-0.05, 0) is 13.8 Å². The summed E-state index contributed by atoms with van der Waals surface area (Å²) in [6.07, 6.45) is 1.42. The van der Waals surface area contributed by atoms with Crippen LogP contribution in [-0.4, -0.2) is 25.5 Å². The number of hydrogen-bond donors (Lipinski definition) is 1. The van der Waals surface area contributed by atoms with Crippen LogP contribution >= 0.6 is 11.6 Å². The highest BCUT2D eigenvalue weighted by Gasteiger charge is 2.19. The predicted molar refractivity (Wildman–Crippen MR) is 82.4 cm³/mol. The molecule has 2 rings (SSSR count). The second-order valence-corrected chi connectivity index (χ2v) is 5.58. The molecular formula is C14H17ClN6O. The molecular weight excluding hydrogens is 304 g/mol. The van der Waals surface area contributed by atoms with Gasteiger partial charge in [-0.2, -0.15) is 15.5 Å². The number of halogens is 1. The zero-order valence-electron chi connectivity index (χ0n) is 12.9. The molecule has 0 radical (unpaired) electrons. The Bertz CT molecular complexity index is 754. The van der Waals surface area contributed by atoms with Crippen LogP contribution < -0.4 is 5.32 Å². The molecule has 0 aliphatic rings. The first-order valence-corrected chi connectivity index (χ1v) is 7.15. The number of nitrogens with one attached hydrogen (secondary N) is 1. The molecule has 2 aromatic heterocycles. The summed E-state index contributed by atoms with van der Waals surface area (Å²) in [4.78, 5) is 12.3. The normalized spacial score (nSPS) is 12.0.